The van der Waals surface area contributed by atoms with Crippen molar-refractivity contribution < 1.29 is 9.18 Å². The molecule has 7 atom stereocenters. The van der Waals surface area contributed by atoms with E-state index in [0.29, 0.717) is 18.4 Å². The van der Waals surface area contributed by atoms with E-state index in [1.807, 2.05) is 0 Å². The number of fused-ring (bicyclic) bond motifs is 1. The van der Waals surface area contributed by atoms with E-state index in [4.69, 9.17) is 17.3 Å². The molecule has 8 nitrogen and oxygen atoms in total. The minimum Gasteiger partial charge on any atom is -0.577 e. The van der Waals surface area contributed by atoms with Crippen molar-refractivity contribution in [1.82, 2.24) is 26.3 Å². The number of carbonyl (C=O) groups excluding carboxylic acids is 1. The number of nitrogens with one attached hydrogen (secondary N) is 4. The molecule has 0 aromatic rings. The van der Waals surface area contributed by atoms with Gasteiger partial charge in [0.05, 0.1) is 17.6 Å². The monoisotopic (exact) mass is 400 g/mol. The topological polar surface area (TPSA) is 109 Å². The number of carbonyl (C=O) groups is 1. The molecule has 27 heavy (non-hydrogen) atoms. The van der Waals surface area contributed by atoms with Crippen molar-refractivity contribution in [1.29, 1.82) is 0 Å². The Morgan fingerprint density at radius 1 is 1.37 bits per heavy atom. The van der Waals surface area contributed by atoms with Crippen LogP contribution < -0.4 is 27.0 Å². The minimum absolute atomic E-state index is 0.00508. The summed E-state index contributed by atoms with van der Waals surface area (Å²) in [5, 5.41) is 14.4. The second-order valence-corrected chi connectivity index (χ2v) is 8.34. The summed E-state index contributed by atoms with van der Waals surface area (Å²) >= 11 is 6.54. The highest BCUT2D eigenvalue weighted by Crippen LogP contribution is 2.34. The summed E-state index contributed by atoms with van der Waals surface area (Å²) in [5.41, 5.74) is 10.3. The molecule has 6 N–H and O–H groups in total. The van der Waals surface area contributed by atoms with Gasteiger partial charge in [-0.1, -0.05) is 6.17 Å². The van der Waals surface area contributed by atoms with E-state index in [0.717, 1.165) is 32.4 Å². The molecule has 152 valence electrons. The third kappa shape index (κ3) is 3.94. The van der Waals surface area contributed by atoms with Crippen LogP contribution in [-0.4, -0.2) is 61.0 Å². The molecule has 4 heterocycles. The molecule has 0 aromatic carbocycles. The molecule has 0 radical (unpaired) electrons. The second-order valence-electron chi connectivity index (χ2n) is 7.87. The summed E-state index contributed by atoms with van der Waals surface area (Å²) in [5.74, 6) is -0.384. The normalized spacial score (nSPS) is 42.8. The van der Waals surface area contributed by atoms with Crippen LogP contribution in [0.5, 0.6) is 0 Å². The second kappa shape index (κ2) is 8.18. The zero-order chi connectivity index (χ0) is 19.0. The van der Waals surface area contributed by atoms with E-state index in [-0.39, 0.29) is 29.8 Å². The number of halogens is 2. The number of rotatable bonds is 3. The summed E-state index contributed by atoms with van der Waals surface area (Å²) in [7, 11) is 0. The third-order valence-electron chi connectivity index (χ3n) is 6.18. The SMILES string of the molecule is NC1[N-]N2CC(F)=CNC2C1C(=O)NC1CNCCC1C1CCCNC1Cl. The van der Waals surface area contributed by atoms with Crippen LogP contribution in [0.4, 0.5) is 4.39 Å². The van der Waals surface area contributed by atoms with Crippen molar-refractivity contribution in [2.45, 2.75) is 43.1 Å². The summed E-state index contributed by atoms with van der Waals surface area (Å²) in [6.07, 6.45) is 3.35. The summed E-state index contributed by atoms with van der Waals surface area (Å²) in [6.45, 7) is 2.63. The van der Waals surface area contributed by atoms with E-state index >= 15 is 0 Å². The molecule has 0 aliphatic carbocycles. The van der Waals surface area contributed by atoms with Crippen LogP contribution in [0.1, 0.15) is 19.3 Å². The molecule has 0 bridgehead atoms. The highest BCUT2D eigenvalue weighted by atomic mass is 35.5. The lowest BCUT2D eigenvalue weighted by Gasteiger charge is -2.42. The molecule has 0 saturated carbocycles. The van der Waals surface area contributed by atoms with E-state index in [1.54, 1.807) is 0 Å². The average molecular weight is 401 g/mol. The van der Waals surface area contributed by atoms with Crippen molar-refractivity contribution in [3.8, 4) is 0 Å². The quantitative estimate of drug-likeness (QED) is 0.334. The van der Waals surface area contributed by atoms with Crippen molar-refractivity contribution in [3.63, 3.8) is 0 Å². The lowest BCUT2D eigenvalue weighted by atomic mass is 9.77. The van der Waals surface area contributed by atoms with Crippen molar-refractivity contribution in [2.75, 3.05) is 26.2 Å². The van der Waals surface area contributed by atoms with E-state index in [9.17, 15) is 9.18 Å². The van der Waals surface area contributed by atoms with Crippen LogP contribution in [0.3, 0.4) is 0 Å². The number of hydrogen-bond donors (Lipinski definition) is 5. The Hall–Kier alpha value is -0.970. The summed E-state index contributed by atoms with van der Waals surface area (Å²) < 4.78 is 13.5. The predicted molar refractivity (Wildman–Crippen MR) is 101 cm³/mol. The number of hydrogen-bond acceptors (Lipinski definition) is 6. The third-order valence-corrected chi connectivity index (χ3v) is 6.66. The zero-order valence-electron chi connectivity index (χ0n) is 15.2. The molecule has 3 saturated heterocycles. The van der Waals surface area contributed by atoms with E-state index in [2.05, 4.69) is 26.7 Å². The van der Waals surface area contributed by atoms with Gasteiger partial charge >= 0.3 is 0 Å². The number of alkyl halides is 1. The molecule has 3 fully saturated rings. The van der Waals surface area contributed by atoms with Gasteiger partial charge in [0.15, 0.2) is 0 Å². The standard InChI is InChI=1S/C17H28ClFN7O/c18-14-11(2-1-4-22-14)10-3-5-21-7-12(10)24-17(27)13-15(20)25-26-8-9(19)6-23-16(13)26/h6,10-16,21-23H,1-5,7-8,20H2,(H,24,27)/q-1. The minimum atomic E-state index is -0.686. The molecule has 4 rings (SSSR count). The maximum absolute atomic E-state index is 13.5. The fraction of sp³-hybridized carbons (Fsp3) is 0.824. The first-order valence-electron chi connectivity index (χ1n) is 9.76. The Morgan fingerprint density at radius 2 is 2.22 bits per heavy atom. The van der Waals surface area contributed by atoms with Gasteiger partial charge < -0.3 is 37.4 Å². The predicted octanol–water partition coefficient (Wildman–Crippen LogP) is -0.109. The van der Waals surface area contributed by atoms with E-state index < -0.39 is 18.2 Å². The largest absolute Gasteiger partial charge is 0.577 e. The Bertz CT molecular complexity index is 594. The first-order chi connectivity index (χ1) is 13.0. The fourth-order valence-corrected chi connectivity index (χ4v) is 5.25. The van der Waals surface area contributed by atoms with Gasteiger partial charge in [-0.15, -0.1) is 11.6 Å². The van der Waals surface area contributed by atoms with Gasteiger partial charge in [-0.25, -0.2) is 4.39 Å². The molecule has 1 amide bonds. The van der Waals surface area contributed by atoms with E-state index in [1.165, 1.54) is 11.2 Å². The van der Waals surface area contributed by atoms with Crippen molar-refractivity contribution in [2.24, 2.45) is 23.5 Å². The number of amides is 1. The Balaban J connectivity index is 1.44. The van der Waals surface area contributed by atoms with Crippen LogP contribution in [-0.2, 0) is 4.79 Å². The number of nitrogens with two attached hydrogens (primary N) is 1. The lowest BCUT2D eigenvalue weighted by Crippen LogP contribution is -2.59. The first-order valence-corrected chi connectivity index (χ1v) is 10.2. The number of nitrogens with zero attached hydrogens (tertiary/aromatic N) is 2. The highest BCUT2D eigenvalue weighted by Gasteiger charge is 2.42. The maximum Gasteiger partial charge on any atom is 0.226 e. The van der Waals surface area contributed by atoms with Crippen LogP contribution >= 0.6 is 11.6 Å². The maximum atomic E-state index is 13.5. The van der Waals surface area contributed by atoms with Crippen LogP contribution in [0.25, 0.3) is 5.43 Å². The highest BCUT2D eigenvalue weighted by molar-refractivity contribution is 6.20. The number of piperidine rings is 2. The van der Waals surface area contributed by atoms with Gasteiger partial charge in [0.2, 0.25) is 5.91 Å². The van der Waals surface area contributed by atoms with Crippen LogP contribution in [0.2, 0.25) is 0 Å². The smallest absolute Gasteiger partial charge is 0.226 e. The van der Waals surface area contributed by atoms with Gasteiger partial charge in [0.1, 0.15) is 5.83 Å². The molecule has 4 aliphatic heterocycles. The van der Waals surface area contributed by atoms with Gasteiger partial charge in [0, 0.05) is 25.3 Å². The lowest BCUT2D eigenvalue weighted by molar-refractivity contribution is -0.127. The van der Waals surface area contributed by atoms with Gasteiger partial charge in [-0.05, 0) is 44.2 Å². The molecule has 0 aromatic heterocycles. The average Bonchev–Trinajstić information content (AvgIpc) is 2.97. The Kier molecular flexibility index (Phi) is 5.86. The summed E-state index contributed by atoms with van der Waals surface area (Å²) in [4.78, 5) is 13.1. The van der Waals surface area contributed by atoms with Gasteiger partial charge in [0.25, 0.3) is 0 Å². The molecule has 7 unspecified atom stereocenters. The van der Waals surface area contributed by atoms with Crippen LogP contribution in [0.15, 0.2) is 12.0 Å². The first kappa shape index (κ1) is 19.4. The molecular weight excluding hydrogens is 373 g/mol. The van der Waals surface area contributed by atoms with Crippen LogP contribution in [0, 0.1) is 17.8 Å². The Labute approximate surface area is 163 Å². The van der Waals surface area contributed by atoms with Gasteiger partial charge in [-0.3, -0.25) is 4.79 Å². The fourth-order valence-electron chi connectivity index (χ4n) is 4.83. The van der Waals surface area contributed by atoms with Gasteiger partial charge in [-0.2, -0.15) is 0 Å². The van der Waals surface area contributed by atoms with Crippen molar-refractivity contribution in [3.05, 3.63) is 17.5 Å². The van der Waals surface area contributed by atoms with Crippen molar-refractivity contribution >= 4 is 17.5 Å². The Morgan fingerprint density at radius 3 is 3.04 bits per heavy atom. The molecule has 4 aliphatic rings. The molecule has 0 spiro atoms. The summed E-state index contributed by atoms with van der Waals surface area (Å²) in [6, 6.07) is -0.00508. The molecule has 10 heteroatoms. The zero-order valence-corrected chi connectivity index (χ0v) is 16.0. The molecular formula is C17H28ClFN7O-.